The SMILES string of the molecule is Cl.N#Cc1ccccc1CNC1CCNCC1. The molecule has 4 heteroatoms. The van der Waals surface area contributed by atoms with Crippen LogP contribution in [0.2, 0.25) is 0 Å². The van der Waals surface area contributed by atoms with Crippen LogP contribution in [0.1, 0.15) is 24.0 Å². The molecule has 0 unspecified atom stereocenters. The van der Waals surface area contributed by atoms with E-state index in [1.54, 1.807) is 0 Å². The second-order valence-corrected chi connectivity index (χ2v) is 4.17. The number of piperidine rings is 1. The summed E-state index contributed by atoms with van der Waals surface area (Å²) in [6.45, 7) is 2.99. The highest BCUT2D eigenvalue weighted by Crippen LogP contribution is 2.09. The lowest BCUT2D eigenvalue weighted by Gasteiger charge is -2.23. The molecule has 0 bridgehead atoms. The van der Waals surface area contributed by atoms with Crippen molar-refractivity contribution in [1.29, 1.82) is 5.26 Å². The van der Waals surface area contributed by atoms with Gasteiger partial charge in [-0.3, -0.25) is 0 Å². The van der Waals surface area contributed by atoms with Crippen LogP contribution in [0.5, 0.6) is 0 Å². The van der Waals surface area contributed by atoms with Crippen molar-refractivity contribution in [2.24, 2.45) is 0 Å². The predicted molar refractivity (Wildman–Crippen MR) is 71.1 cm³/mol. The first-order chi connectivity index (χ1) is 7.90. The Bertz CT molecular complexity index is 380. The van der Waals surface area contributed by atoms with E-state index in [4.69, 9.17) is 5.26 Å². The predicted octanol–water partition coefficient (Wildman–Crippen LogP) is 1.82. The Morgan fingerprint density at radius 1 is 1.29 bits per heavy atom. The third-order valence-electron chi connectivity index (χ3n) is 3.06. The second-order valence-electron chi connectivity index (χ2n) is 4.17. The molecular weight excluding hydrogens is 234 g/mol. The Labute approximate surface area is 109 Å². The van der Waals surface area contributed by atoms with Gasteiger partial charge < -0.3 is 10.6 Å². The van der Waals surface area contributed by atoms with Crippen molar-refractivity contribution in [3.63, 3.8) is 0 Å². The molecule has 3 nitrogen and oxygen atoms in total. The minimum Gasteiger partial charge on any atom is -0.317 e. The monoisotopic (exact) mass is 251 g/mol. The maximum absolute atomic E-state index is 8.97. The molecule has 0 radical (unpaired) electrons. The van der Waals surface area contributed by atoms with Crippen LogP contribution < -0.4 is 10.6 Å². The Kier molecular flexibility index (Phi) is 5.99. The zero-order valence-electron chi connectivity index (χ0n) is 9.78. The lowest BCUT2D eigenvalue weighted by atomic mass is 10.0. The molecule has 2 N–H and O–H groups in total. The highest BCUT2D eigenvalue weighted by molar-refractivity contribution is 5.85. The minimum atomic E-state index is 0. The van der Waals surface area contributed by atoms with Gasteiger partial charge in [-0.1, -0.05) is 18.2 Å². The third-order valence-corrected chi connectivity index (χ3v) is 3.06. The first kappa shape index (κ1) is 14.0. The van der Waals surface area contributed by atoms with Crippen LogP contribution in [0, 0.1) is 11.3 Å². The van der Waals surface area contributed by atoms with Crippen LogP contribution in [0.15, 0.2) is 24.3 Å². The molecule has 2 rings (SSSR count). The zero-order chi connectivity index (χ0) is 11.2. The summed E-state index contributed by atoms with van der Waals surface area (Å²) in [4.78, 5) is 0. The minimum absolute atomic E-state index is 0. The fraction of sp³-hybridized carbons (Fsp3) is 0.462. The van der Waals surface area contributed by atoms with Gasteiger partial charge in [-0.15, -0.1) is 12.4 Å². The number of nitrogens with one attached hydrogen (secondary N) is 2. The summed E-state index contributed by atoms with van der Waals surface area (Å²) in [5.41, 5.74) is 1.88. The molecule has 17 heavy (non-hydrogen) atoms. The van der Waals surface area contributed by atoms with E-state index in [2.05, 4.69) is 16.7 Å². The van der Waals surface area contributed by atoms with E-state index >= 15 is 0 Å². The first-order valence-electron chi connectivity index (χ1n) is 5.82. The molecule has 1 aromatic carbocycles. The number of halogens is 1. The molecule has 0 amide bonds. The van der Waals surface area contributed by atoms with Crippen molar-refractivity contribution in [3.8, 4) is 6.07 Å². The van der Waals surface area contributed by atoms with Crippen molar-refractivity contribution in [2.75, 3.05) is 13.1 Å². The van der Waals surface area contributed by atoms with Gasteiger partial charge in [-0.25, -0.2) is 0 Å². The fourth-order valence-corrected chi connectivity index (χ4v) is 2.06. The Morgan fingerprint density at radius 3 is 2.71 bits per heavy atom. The van der Waals surface area contributed by atoms with E-state index in [9.17, 15) is 0 Å². The van der Waals surface area contributed by atoms with Gasteiger partial charge in [0.05, 0.1) is 11.6 Å². The molecule has 92 valence electrons. The number of nitriles is 1. The van der Waals surface area contributed by atoms with Crippen LogP contribution in [0.25, 0.3) is 0 Å². The summed E-state index contributed by atoms with van der Waals surface area (Å²) in [7, 11) is 0. The number of rotatable bonds is 3. The summed E-state index contributed by atoms with van der Waals surface area (Å²) in [6, 6.07) is 10.6. The topological polar surface area (TPSA) is 47.9 Å². The lowest BCUT2D eigenvalue weighted by molar-refractivity contribution is 0.386. The van der Waals surface area contributed by atoms with Gasteiger partial charge in [0.2, 0.25) is 0 Å². The molecule has 1 fully saturated rings. The third kappa shape index (κ3) is 4.01. The fourth-order valence-electron chi connectivity index (χ4n) is 2.06. The van der Waals surface area contributed by atoms with Crippen molar-refractivity contribution in [1.82, 2.24) is 10.6 Å². The van der Waals surface area contributed by atoms with E-state index in [1.165, 1.54) is 12.8 Å². The highest BCUT2D eigenvalue weighted by atomic mass is 35.5. The maximum Gasteiger partial charge on any atom is 0.0995 e. The van der Waals surface area contributed by atoms with Gasteiger partial charge in [0, 0.05) is 12.6 Å². The van der Waals surface area contributed by atoms with Crippen molar-refractivity contribution >= 4 is 12.4 Å². The molecule has 0 aromatic heterocycles. The van der Waals surface area contributed by atoms with Gasteiger partial charge in [-0.05, 0) is 37.6 Å². The molecule has 1 saturated heterocycles. The molecule has 1 aliphatic heterocycles. The molecule has 0 saturated carbocycles. The van der Waals surface area contributed by atoms with Crippen molar-refractivity contribution in [3.05, 3.63) is 35.4 Å². The van der Waals surface area contributed by atoms with Crippen LogP contribution in [-0.4, -0.2) is 19.1 Å². The van der Waals surface area contributed by atoms with Gasteiger partial charge in [0.15, 0.2) is 0 Å². The number of nitrogens with zero attached hydrogens (tertiary/aromatic N) is 1. The Morgan fingerprint density at radius 2 is 2.00 bits per heavy atom. The standard InChI is InChI=1S/C13H17N3.ClH/c14-9-11-3-1-2-4-12(11)10-16-13-5-7-15-8-6-13;/h1-4,13,15-16H,5-8,10H2;1H. The van der Waals surface area contributed by atoms with Crippen LogP contribution in [-0.2, 0) is 6.54 Å². The summed E-state index contributed by atoms with van der Waals surface area (Å²) >= 11 is 0. The zero-order valence-corrected chi connectivity index (χ0v) is 10.6. The summed E-state index contributed by atoms with van der Waals surface area (Å²) in [5, 5.41) is 15.8. The molecule has 0 aliphatic carbocycles. The first-order valence-corrected chi connectivity index (χ1v) is 5.82. The number of benzene rings is 1. The average molecular weight is 252 g/mol. The molecule has 1 aromatic rings. The van der Waals surface area contributed by atoms with Gasteiger partial charge >= 0.3 is 0 Å². The smallest absolute Gasteiger partial charge is 0.0995 e. The molecule has 0 atom stereocenters. The van der Waals surface area contributed by atoms with Gasteiger partial charge in [0.25, 0.3) is 0 Å². The average Bonchev–Trinajstić information content (AvgIpc) is 2.38. The van der Waals surface area contributed by atoms with Crippen LogP contribution >= 0.6 is 12.4 Å². The summed E-state index contributed by atoms with van der Waals surface area (Å²) < 4.78 is 0. The van der Waals surface area contributed by atoms with Crippen molar-refractivity contribution in [2.45, 2.75) is 25.4 Å². The van der Waals surface area contributed by atoms with Gasteiger partial charge in [0.1, 0.15) is 0 Å². The Hall–Kier alpha value is -1.08. The van der Waals surface area contributed by atoms with E-state index in [-0.39, 0.29) is 12.4 Å². The summed E-state index contributed by atoms with van der Waals surface area (Å²) in [5.74, 6) is 0. The van der Waals surface area contributed by atoms with Crippen molar-refractivity contribution < 1.29 is 0 Å². The molecular formula is C13H18ClN3. The molecule has 0 spiro atoms. The molecule has 1 aliphatic rings. The van der Waals surface area contributed by atoms with E-state index in [0.717, 1.165) is 30.8 Å². The normalized spacial score (nSPS) is 15.9. The summed E-state index contributed by atoms with van der Waals surface area (Å²) in [6.07, 6.45) is 2.35. The number of hydrogen-bond donors (Lipinski definition) is 2. The van der Waals surface area contributed by atoms with E-state index in [0.29, 0.717) is 6.04 Å². The largest absolute Gasteiger partial charge is 0.317 e. The lowest BCUT2D eigenvalue weighted by Crippen LogP contribution is -2.39. The van der Waals surface area contributed by atoms with Crippen LogP contribution in [0.3, 0.4) is 0 Å². The van der Waals surface area contributed by atoms with Crippen LogP contribution in [0.4, 0.5) is 0 Å². The highest BCUT2D eigenvalue weighted by Gasteiger charge is 2.12. The number of hydrogen-bond acceptors (Lipinski definition) is 3. The Balaban J connectivity index is 0.00000144. The molecule has 1 heterocycles. The van der Waals surface area contributed by atoms with Gasteiger partial charge in [-0.2, -0.15) is 5.26 Å². The van der Waals surface area contributed by atoms with E-state index < -0.39 is 0 Å². The second kappa shape index (κ2) is 7.29. The quantitative estimate of drug-likeness (QED) is 0.862. The maximum atomic E-state index is 8.97. The van der Waals surface area contributed by atoms with E-state index in [1.807, 2.05) is 24.3 Å².